The Hall–Kier alpha value is -1.79. The number of ether oxygens (including phenoxy) is 1. The molecule has 0 unspecified atom stereocenters. The fourth-order valence-electron chi connectivity index (χ4n) is 2.81. The number of aliphatic imine (C=N–C) groups is 1. The van der Waals surface area contributed by atoms with Gasteiger partial charge in [0, 0.05) is 39.8 Å². The van der Waals surface area contributed by atoms with Crippen molar-refractivity contribution in [3.8, 4) is 5.75 Å². The minimum Gasteiger partial charge on any atom is -0.497 e. The summed E-state index contributed by atoms with van der Waals surface area (Å²) in [5.41, 5.74) is 1.20. The number of likely N-dealkylation sites (N-methyl/N-ethyl adjacent to an activating group) is 1. The van der Waals surface area contributed by atoms with E-state index >= 15 is 0 Å². The van der Waals surface area contributed by atoms with E-state index in [9.17, 15) is 0 Å². The molecule has 134 valence electrons. The lowest BCUT2D eigenvalue weighted by atomic mass is 10.2. The summed E-state index contributed by atoms with van der Waals surface area (Å²) in [7, 11) is 5.69. The Bertz CT molecular complexity index is 503. The van der Waals surface area contributed by atoms with Gasteiger partial charge in [-0.25, -0.2) is 0 Å². The van der Waals surface area contributed by atoms with Crippen molar-refractivity contribution < 1.29 is 4.74 Å². The summed E-state index contributed by atoms with van der Waals surface area (Å²) in [6, 6.07) is 8.08. The molecule has 24 heavy (non-hydrogen) atoms. The van der Waals surface area contributed by atoms with Gasteiger partial charge in [0.15, 0.2) is 5.96 Å². The molecule has 0 amide bonds. The number of rotatable bonds is 6. The van der Waals surface area contributed by atoms with E-state index in [1.165, 1.54) is 25.1 Å². The zero-order valence-electron chi connectivity index (χ0n) is 15.2. The van der Waals surface area contributed by atoms with Gasteiger partial charge < -0.3 is 25.2 Å². The Balaban J connectivity index is 1.68. The van der Waals surface area contributed by atoms with Crippen LogP contribution in [0.1, 0.15) is 12.0 Å². The van der Waals surface area contributed by atoms with Gasteiger partial charge in [-0.1, -0.05) is 12.1 Å². The summed E-state index contributed by atoms with van der Waals surface area (Å²) in [4.78, 5) is 9.22. The summed E-state index contributed by atoms with van der Waals surface area (Å²) in [5, 5.41) is 6.75. The van der Waals surface area contributed by atoms with Gasteiger partial charge >= 0.3 is 0 Å². The maximum absolute atomic E-state index is 5.18. The highest BCUT2D eigenvalue weighted by atomic mass is 16.5. The van der Waals surface area contributed by atoms with Crippen LogP contribution in [0.5, 0.6) is 5.75 Å². The molecule has 1 aliphatic rings. The minimum absolute atomic E-state index is 0.748. The predicted molar refractivity (Wildman–Crippen MR) is 99.7 cm³/mol. The minimum atomic E-state index is 0.748. The summed E-state index contributed by atoms with van der Waals surface area (Å²) >= 11 is 0. The molecular weight excluding hydrogens is 302 g/mol. The largest absolute Gasteiger partial charge is 0.497 e. The molecule has 0 aromatic heterocycles. The lowest BCUT2D eigenvalue weighted by molar-refractivity contribution is 0.280. The first kappa shape index (κ1) is 18.5. The molecule has 0 atom stereocenters. The molecule has 1 aromatic rings. The Morgan fingerprint density at radius 2 is 1.92 bits per heavy atom. The lowest BCUT2D eigenvalue weighted by Gasteiger charge is -2.21. The van der Waals surface area contributed by atoms with Crippen LogP contribution in [0, 0.1) is 0 Å². The van der Waals surface area contributed by atoms with Gasteiger partial charge in [-0.3, -0.25) is 4.99 Å². The average Bonchev–Trinajstić information content (AvgIpc) is 2.82. The third kappa shape index (κ3) is 6.37. The number of methoxy groups -OCH3 is 1. The van der Waals surface area contributed by atoms with Gasteiger partial charge in [0.2, 0.25) is 0 Å². The van der Waals surface area contributed by atoms with Crippen molar-refractivity contribution in [1.82, 2.24) is 20.4 Å². The van der Waals surface area contributed by atoms with Gasteiger partial charge in [-0.2, -0.15) is 0 Å². The predicted octanol–water partition coefficient (Wildman–Crippen LogP) is 0.998. The van der Waals surface area contributed by atoms with Crippen LogP contribution in [0.25, 0.3) is 0 Å². The summed E-state index contributed by atoms with van der Waals surface area (Å²) < 4.78 is 5.18. The second-order valence-electron chi connectivity index (χ2n) is 6.20. The number of hydrogen-bond donors (Lipinski definition) is 2. The number of guanidine groups is 1. The van der Waals surface area contributed by atoms with Gasteiger partial charge in [-0.15, -0.1) is 0 Å². The molecule has 1 fully saturated rings. The fraction of sp³-hybridized carbons (Fsp3) is 0.611. The van der Waals surface area contributed by atoms with E-state index in [-0.39, 0.29) is 0 Å². The lowest BCUT2D eigenvalue weighted by Crippen LogP contribution is -2.42. The number of hydrogen-bond acceptors (Lipinski definition) is 4. The standard InChI is InChI=1S/C18H31N5O/c1-19-18(21-15-16-5-7-17(24-3)8-6-16)20-9-12-23-11-4-10-22(2)13-14-23/h5-8H,4,9-15H2,1-3H3,(H2,19,20,21). The van der Waals surface area contributed by atoms with Crippen LogP contribution in [-0.4, -0.2) is 76.2 Å². The highest BCUT2D eigenvalue weighted by Gasteiger charge is 2.11. The molecule has 0 aliphatic carbocycles. The van der Waals surface area contributed by atoms with Gasteiger partial charge in [0.1, 0.15) is 5.75 Å². The van der Waals surface area contributed by atoms with Crippen molar-refractivity contribution in [1.29, 1.82) is 0 Å². The number of benzene rings is 1. The molecular formula is C18H31N5O. The third-order valence-corrected chi connectivity index (χ3v) is 4.38. The molecule has 2 rings (SSSR count). The van der Waals surface area contributed by atoms with Gasteiger partial charge in [0.05, 0.1) is 7.11 Å². The third-order valence-electron chi connectivity index (χ3n) is 4.38. The second-order valence-corrected chi connectivity index (χ2v) is 6.20. The first-order valence-corrected chi connectivity index (χ1v) is 8.69. The van der Waals surface area contributed by atoms with Crippen molar-refractivity contribution in [2.24, 2.45) is 4.99 Å². The Labute approximate surface area is 145 Å². The van der Waals surface area contributed by atoms with Crippen molar-refractivity contribution in [2.45, 2.75) is 13.0 Å². The molecule has 1 saturated heterocycles. The Morgan fingerprint density at radius 1 is 1.12 bits per heavy atom. The first-order valence-electron chi connectivity index (χ1n) is 8.69. The number of nitrogens with zero attached hydrogens (tertiary/aromatic N) is 3. The van der Waals surface area contributed by atoms with E-state index in [2.05, 4.69) is 44.6 Å². The van der Waals surface area contributed by atoms with Gasteiger partial charge in [-0.05, 0) is 44.3 Å². The van der Waals surface area contributed by atoms with Crippen LogP contribution in [0.2, 0.25) is 0 Å². The number of nitrogens with one attached hydrogen (secondary N) is 2. The molecule has 6 heteroatoms. The quantitative estimate of drug-likeness (QED) is 0.601. The molecule has 0 radical (unpaired) electrons. The molecule has 1 aliphatic heterocycles. The van der Waals surface area contributed by atoms with Crippen LogP contribution >= 0.6 is 0 Å². The maximum Gasteiger partial charge on any atom is 0.191 e. The second kappa shape index (κ2) is 10.2. The normalized spacial score (nSPS) is 17.4. The van der Waals surface area contributed by atoms with Gasteiger partial charge in [0.25, 0.3) is 0 Å². The molecule has 6 nitrogen and oxygen atoms in total. The van der Waals surface area contributed by atoms with Crippen LogP contribution in [-0.2, 0) is 6.54 Å². The monoisotopic (exact) mass is 333 g/mol. The SMILES string of the molecule is CN=C(NCCN1CCCN(C)CC1)NCc1ccc(OC)cc1. The van der Waals surface area contributed by atoms with E-state index in [1.807, 2.05) is 19.2 Å². The molecule has 0 spiro atoms. The molecule has 0 saturated carbocycles. The van der Waals surface area contributed by atoms with Crippen LogP contribution in [0.4, 0.5) is 0 Å². The smallest absolute Gasteiger partial charge is 0.191 e. The van der Waals surface area contributed by atoms with E-state index in [0.717, 1.165) is 44.4 Å². The van der Waals surface area contributed by atoms with Crippen molar-refractivity contribution in [3.05, 3.63) is 29.8 Å². The summed E-state index contributed by atoms with van der Waals surface area (Å²) in [6.45, 7) is 7.40. The van der Waals surface area contributed by atoms with Crippen LogP contribution in [0.3, 0.4) is 0 Å². The van der Waals surface area contributed by atoms with Crippen molar-refractivity contribution in [2.75, 3.05) is 60.5 Å². The highest BCUT2D eigenvalue weighted by Crippen LogP contribution is 2.10. The van der Waals surface area contributed by atoms with Crippen molar-refractivity contribution >= 4 is 5.96 Å². The Kier molecular flexibility index (Phi) is 7.85. The van der Waals surface area contributed by atoms with Crippen molar-refractivity contribution in [3.63, 3.8) is 0 Å². The first-order chi connectivity index (χ1) is 11.7. The zero-order chi connectivity index (χ0) is 17.2. The van der Waals surface area contributed by atoms with Crippen LogP contribution < -0.4 is 15.4 Å². The topological polar surface area (TPSA) is 52.1 Å². The average molecular weight is 333 g/mol. The van der Waals surface area contributed by atoms with E-state index < -0.39 is 0 Å². The van der Waals surface area contributed by atoms with E-state index in [4.69, 9.17) is 4.74 Å². The Morgan fingerprint density at radius 3 is 2.62 bits per heavy atom. The van der Waals surface area contributed by atoms with E-state index in [1.54, 1.807) is 7.11 Å². The molecule has 2 N–H and O–H groups in total. The molecule has 1 heterocycles. The fourth-order valence-corrected chi connectivity index (χ4v) is 2.81. The summed E-state index contributed by atoms with van der Waals surface area (Å²) in [5.74, 6) is 1.72. The highest BCUT2D eigenvalue weighted by molar-refractivity contribution is 5.79. The molecule has 0 bridgehead atoms. The van der Waals surface area contributed by atoms with E-state index in [0.29, 0.717) is 0 Å². The van der Waals surface area contributed by atoms with Crippen LogP contribution in [0.15, 0.2) is 29.3 Å². The molecule has 1 aromatic carbocycles. The summed E-state index contributed by atoms with van der Waals surface area (Å²) in [6.07, 6.45) is 1.25. The zero-order valence-corrected chi connectivity index (χ0v) is 15.2. The maximum atomic E-state index is 5.18.